The van der Waals surface area contributed by atoms with E-state index in [2.05, 4.69) is 45.0 Å². The number of hydrogen-bond acceptors (Lipinski definition) is 2. The molecule has 3 heteroatoms. The molecule has 3 nitrogen and oxygen atoms in total. The molecule has 0 saturated carbocycles. The lowest BCUT2D eigenvalue weighted by molar-refractivity contribution is -0.168. The maximum absolute atomic E-state index is 11.6. The fourth-order valence-electron chi connectivity index (χ4n) is 1.68. The molecule has 0 unspecified atom stereocenters. The lowest BCUT2D eigenvalue weighted by atomic mass is 9.86. The minimum atomic E-state index is -0.00241. The highest BCUT2D eigenvalue weighted by atomic mass is 16.7. The molecule has 0 radical (unpaired) electrons. The highest BCUT2D eigenvalue weighted by molar-refractivity contribution is 5.75. The van der Waals surface area contributed by atoms with Gasteiger partial charge in [0.05, 0.1) is 7.11 Å². The van der Waals surface area contributed by atoms with E-state index >= 15 is 0 Å². The molecule has 0 aliphatic rings. The maximum atomic E-state index is 11.6. The third kappa shape index (κ3) is 4.15. The largest absolute Gasteiger partial charge is 0.275 e. The summed E-state index contributed by atoms with van der Waals surface area (Å²) in [6.07, 6.45) is 1.22. The summed E-state index contributed by atoms with van der Waals surface area (Å²) in [7, 11) is 3.13. The minimum absolute atomic E-state index is 0.00241. The molecule has 0 atom stereocenters. The normalized spacial score (nSPS) is 11.4. The standard InChI is InChI=1S/C15H23NO2/c1-15(2,3)13-9-6-12(7-10-13)8-11-14(17)16(4)18-5/h6-7,9-10H,8,11H2,1-5H3. The van der Waals surface area contributed by atoms with Gasteiger partial charge in [-0.2, -0.15) is 0 Å². The number of carbonyl (C=O) groups is 1. The lowest BCUT2D eigenvalue weighted by Crippen LogP contribution is -2.25. The molecular formula is C15H23NO2. The average molecular weight is 249 g/mol. The monoisotopic (exact) mass is 249 g/mol. The summed E-state index contributed by atoms with van der Waals surface area (Å²) in [5, 5.41) is 1.27. The van der Waals surface area contributed by atoms with Crippen LogP contribution >= 0.6 is 0 Å². The van der Waals surface area contributed by atoms with Crippen LogP contribution in [0.4, 0.5) is 0 Å². The molecule has 0 N–H and O–H groups in total. The van der Waals surface area contributed by atoms with Crippen molar-refractivity contribution in [2.75, 3.05) is 14.2 Å². The maximum Gasteiger partial charge on any atom is 0.246 e. The number of rotatable bonds is 4. The van der Waals surface area contributed by atoms with Gasteiger partial charge in [-0.15, -0.1) is 0 Å². The van der Waals surface area contributed by atoms with E-state index in [1.807, 2.05) is 0 Å². The van der Waals surface area contributed by atoms with Gasteiger partial charge in [-0.05, 0) is 23.0 Å². The van der Waals surface area contributed by atoms with E-state index < -0.39 is 0 Å². The first-order chi connectivity index (χ1) is 8.34. The molecule has 0 fully saturated rings. The number of nitrogens with zero attached hydrogens (tertiary/aromatic N) is 1. The Hall–Kier alpha value is -1.35. The quantitative estimate of drug-likeness (QED) is 0.768. The molecule has 0 spiro atoms. The van der Waals surface area contributed by atoms with Crippen LogP contribution in [0, 0.1) is 0 Å². The van der Waals surface area contributed by atoms with Gasteiger partial charge in [0.25, 0.3) is 0 Å². The zero-order valence-electron chi connectivity index (χ0n) is 12.0. The summed E-state index contributed by atoms with van der Waals surface area (Å²) < 4.78 is 0. The van der Waals surface area contributed by atoms with Crippen molar-refractivity contribution in [3.63, 3.8) is 0 Å². The van der Waals surface area contributed by atoms with Gasteiger partial charge in [0.2, 0.25) is 5.91 Å². The Morgan fingerprint density at radius 3 is 2.22 bits per heavy atom. The van der Waals surface area contributed by atoms with E-state index in [1.165, 1.54) is 23.3 Å². The van der Waals surface area contributed by atoms with Gasteiger partial charge < -0.3 is 0 Å². The Labute approximate surface area is 110 Å². The Morgan fingerprint density at radius 1 is 1.22 bits per heavy atom. The van der Waals surface area contributed by atoms with Gasteiger partial charge in [0.15, 0.2) is 0 Å². The highest BCUT2D eigenvalue weighted by Crippen LogP contribution is 2.22. The summed E-state index contributed by atoms with van der Waals surface area (Å²) in [4.78, 5) is 16.4. The number of hydroxylamine groups is 2. The lowest BCUT2D eigenvalue weighted by Gasteiger charge is -2.19. The smallest absolute Gasteiger partial charge is 0.246 e. The number of amides is 1. The number of benzene rings is 1. The van der Waals surface area contributed by atoms with Gasteiger partial charge in [-0.3, -0.25) is 9.63 Å². The van der Waals surface area contributed by atoms with Gasteiger partial charge in [-0.1, -0.05) is 45.0 Å². The Balaban J connectivity index is 2.57. The van der Waals surface area contributed by atoms with E-state index in [0.29, 0.717) is 6.42 Å². The van der Waals surface area contributed by atoms with Crippen LogP contribution in [0.2, 0.25) is 0 Å². The molecule has 0 bridgehead atoms. The van der Waals surface area contributed by atoms with Crippen molar-refractivity contribution in [1.29, 1.82) is 0 Å². The zero-order valence-corrected chi connectivity index (χ0v) is 12.0. The van der Waals surface area contributed by atoms with Gasteiger partial charge in [0.1, 0.15) is 0 Å². The minimum Gasteiger partial charge on any atom is -0.275 e. The van der Waals surface area contributed by atoms with Crippen molar-refractivity contribution in [3.05, 3.63) is 35.4 Å². The number of carbonyl (C=O) groups excluding carboxylic acids is 1. The van der Waals surface area contributed by atoms with Crippen LogP contribution in [-0.2, 0) is 21.5 Å². The second kappa shape index (κ2) is 6.01. The topological polar surface area (TPSA) is 29.5 Å². The molecule has 0 aliphatic heterocycles. The van der Waals surface area contributed by atoms with E-state index in [-0.39, 0.29) is 11.3 Å². The summed E-state index contributed by atoms with van der Waals surface area (Å²) in [6, 6.07) is 8.47. The molecule has 1 amide bonds. The van der Waals surface area contributed by atoms with Crippen molar-refractivity contribution < 1.29 is 9.63 Å². The van der Waals surface area contributed by atoms with Gasteiger partial charge in [-0.25, -0.2) is 5.06 Å². The summed E-state index contributed by atoms with van der Waals surface area (Å²) in [5.41, 5.74) is 2.66. The van der Waals surface area contributed by atoms with Crippen molar-refractivity contribution >= 4 is 5.91 Å². The predicted molar refractivity (Wildman–Crippen MR) is 73.2 cm³/mol. The van der Waals surface area contributed by atoms with Crippen LogP contribution in [0.1, 0.15) is 38.3 Å². The molecular weight excluding hydrogens is 226 g/mol. The highest BCUT2D eigenvalue weighted by Gasteiger charge is 2.13. The number of aryl methyl sites for hydroxylation is 1. The molecule has 1 rings (SSSR count). The first-order valence-electron chi connectivity index (χ1n) is 6.24. The molecule has 0 heterocycles. The molecule has 18 heavy (non-hydrogen) atoms. The molecule has 1 aromatic carbocycles. The molecule has 0 saturated heterocycles. The molecule has 100 valence electrons. The van der Waals surface area contributed by atoms with E-state index in [0.717, 1.165) is 6.42 Å². The van der Waals surface area contributed by atoms with Crippen LogP contribution < -0.4 is 0 Å². The van der Waals surface area contributed by atoms with Gasteiger partial charge >= 0.3 is 0 Å². The fraction of sp³-hybridized carbons (Fsp3) is 0.533. The predicted octanol–water partition coefficient (Wildman–Crippen LogP) is 2.94. The van der Waals surface area contributed by atoms with Crippen molar-refractivity contribution in [2.45, 2.75) is 39.0 Å². The van der Waals surface area contributed by atoms with E-state index in [1.54, 1.807) is 7.05 Å². The van der Waals surface area contributed by atoms with Crippen LogP contribution in [0.25, 0.3) is 0 Å². The van der Waals surface area contributed by atoms with Crippen LogP contribution in [0.5, 0.6) is 0 Å². The van der Waals surface area contributed by atoms with Crippen LogP contribution in [0.15, 0.2) is 24.3 Å². The van der Waals surface area contributed by atoms with E-state index in [4.69, 9.17) is 4.84 Å². The Morgan fingerprint density at radius 2 is 1.78 bits per heavy atom. The van der Waals surface area contributed by atoms with Crippen molar-refractivity contribution in [2.24, 2.45) is 0 Å². The SMILES string of the molecule is CON(C)C(=O)CCc1ccc(C(C)(C)C)cc1. The summed E-state index contributed by atoms with van der Waals surface area (Å²) in [5.74, 6) is -0.00241. The first-order valence-corrected chi connectivity index (χ1v) is 6.24. The molecule has 0 aliphatic carbocycles. The zero-order chi connectivity index (χ0) is 13.8. The fourth-order valence-corrected chi connectivity index (χ4v) is 1.68. The molecule has 0 aromatic heterocycles. The Kier molecular flexibility index (Phi) is 4.91. The third-order valence-corrected chi connectivity index (χ3v) is 3.07. The summed E-state index contributed by atoms with van der Waals surface area (Å²) >= 11 is 0. The van der Waals surface area contributed by atoms with E-state index in [9.17, 15) is 4.79 Å². The first kappa shape index (κ1) is 14.7. The third-order valence-electron chi connectivity index (χ3n) is 3.07. The van der Waals surface area contributed by atoms with Crippen molar-refractivity contribution in [1.82, 2.24) is 5.06 Å². The molecule has 1 aromatic rings. The van der Waals surface area contributed by atoms with Crippen molar-refractivity contribution in [3.8, 4) is 0 Å². The Bertz CT molecular complexity index is 390. The summed E-state index contributed by atoms with van der Waals surface area (Å²) in [6.45, 7) is 6.58. The van der Waals surface area contributed by atoms with Crippen LogP contribution in [-0.4, -0.2) is 25.1 Å². The van der Waals surface area contributed by atoms with Crippen LogP contribution in [0.3, 0.4) is 0 Å². The second-order valence-corrected chi connectivity index (χ2v) is 5.52. The number of hydrogen-bond donors (Lipinski definition) is 0. The van der Waals surface area contributed by atoms with Gasteiger partial charge in [0, 0.05) is 13.5 Å². The average Bonchev–Trinajstić information content (AvgIpc) is 2.34. The second-order valence-electron chi connectivity index (χ2n) is 5.52.